The van der Waals surface area contributed by atoms with E-state index in [0.29, 0.717) is 17.1 Å². The number of ketones is 1. The van der Waals surface area contributed by atoms with Gasteiger partial charge in [-0.3, -0.25) is 25.0 Å². The first-order valence-electron chi connectivity index (χ1n) is 9.22. The second-order valence-corrected chi connectivity index (χ2v) is 6.64. The minimum absolute atomic E-state index is 0.0586. The maximum atomic E-state index is 12.3. The Bertz CT molecular complexity index is 1190. The van der Waals surface area contributed by atoms with E-state index in [0.717, 1.165) is 0 Å². The fourth-order valence-corrected chi connectivity index (χ4v) is 2.77. The van der Waals surface area contributed by atoms with E-state index < -0.39 is 28.2 Å². The molecule has 162 valence electrons. The second kappa shape index (κ2) is 9.47. The van der Waals surface area contributed by atoms with Crippen LogP contribution in [0.5, 0.6) is 11.5 Å². The minimum atomic E-state index is -0.769. The van der Waals surface area contributed by atoms with Crippen LogP contribution in [0.1, 0.15) is 26.3 Å². The molecule has 10 nitrogen and oxygen atoms in total. The van der Waals surface area contributed by atoms with E-state index in [4.69, 9.17) is 9.47 Å². The Hall–Kier alpha value is -4.60. The van der Waals surface area contributed by atoms with Gasteiger partial charge in [0.1, 0.15) is 11.5 Å². The molecule has 0 unspecified atom stereocenters. The molecule has 0 aromatic heterocycles. The van der Waals surface area contributed by atoms with Crippen LogP contribution >= 0.6 is 0 Å². The van der Waals surface area contributed by atoms with Crippen LogP contribution in [0.25, 0.3) is 0 Å². The molecule has 0 bridgehead atoms. The Morgan fingerprint density at radius 3 is 1.91 bits per heavy atom. The number of aryl methyl sites for hydroxylation is 1. The van der Waals surface area contributed by atoms with Gasteiger partial charge in [0.25, 0.3) is 11.4 Å². The first kappa shape index (κ1) is 22.1. The highest BCUT2D eigenvalue weighted by Crippen LogP contribution is 2.24. The van der Waals surface area contributed by atoms with Crippen LogP contribution in [0.15, 0.2) is 66.7 Å². The molecule has 32 heavy (non-hydrogen) atoms. The predicted octanol–water partition coefficient (Wildman–Crippen LogP) is 4.64. The summed E-state index contributed by atoms with van der Waals surface area (Å²) in [7, 11) is 0. The lowest BCUT2D eigenvalue weighted by molar-refractivity contribution is -0.385. The van der Waals surface area contributed by atoms with Crippen LogP contribution < -0.4 is 4.74 Å². The molecule has 0 atom stereocenters. The van der Waals surface area contributed by atoms with Gasteiger partial charge in [-0.15, -0.1) is 0 Å². The average Bonchev–Trinajstić information content (AvgIpc) is 2.77. The lowest BCUT2D eigenvalue weighted by Gasteiger charge is -2.07. The molecule has 3 aromatic carbocycles. The lowest BCUT2D eigenvalue weighted by Crippen LogP contribution is -2.14. The van der Waals surface area contributed by atoms with E-state index in [1.54, 1.807) is 0 Å². The lowest BCUT2D eigenvalue weighted by atomic mass is 10.1. The van der Waals surface area contributed by atoms with Crippen LogP contribution in [0.2, 0.25) is 0 Å². The van der Waals surface area contributed by atoms with Gasteiger partial charge in [0.15, 0.2) is 12.4 Å². The molecular formula is C22H16N2O8. The summed E-state index contributed by atoms with van der Waals surface area (Å²) in [4.78, 5) is 44.9. The summed E-state index contributed by atoms with van der Waals surface area (Å²) < 4.78 is 10.6. The number of hydrogen-bond donors (Lipinski definition) is 0. The van der Waals surface area contributed by atoms with Crippen molar-refractivity contribution in [2.75, 3.05) is 6.61 Å². The highest BCUT2D eigenvalue weighted by Gasteiger charge is 2.16. The number of ether oxygens (including phenoxy) is 2. The normalized spacial score (nSPS) is 10.3. The van der Waals surface area contributed by atoms with Gasteiger partial charge in [-0.2, -0.15) is 0 Å². The molecular weight excluding hydrogens is 420 g/mol. The van der Waals surface area contributed by atoms with Crippen molar-refractivity contribution >= 4 is 23.1 Å². The number of carbonyl (C=O) groups is 2. The highest BCUT2D eigenvalue weighted by molar-refractivity contribution is 5.99. The van der Waals surface area contributed by atoms with Crippen LogP contribution in [0.4, 0.5) is 11.4 Å². The molecule has 3 rings (SSSR count). The Labute approximate surface area is 181 Å². The summed E-state index contributed by atoms with van der Waals surface area (Å²) in [5.41, 5.74) is 0.520. The van der Waals surface area contributed by atoms with E-state index in [9.17, 15) is 29.8 Å². The fourth-order valence-electron chi connectivity index (χ4n) is 2.77. The minimum Gasteiger partial charge on any atom is -0.457 e. The number of nitrogens with zero attached hydrogens (tertiary/aromatic N) is 2. The second-order valence-electron chi connectivity index (χ2n) is 6.64. The van der Waals surface area contributed by atoms with Crippen molar-refractivity contribution in [2.45, 2.75) is 6.92 Å². The molecule has 0 saturated carbocycles. The van der Waals surface area contributed by atoms with Crippen molar-refractivity contribution < 1.29 is 28.9 Å². The first-order chi connectivity index (χ1) is 15.2. The molecule has 0 aliphatic heterocycles. The number of carbonyl (C=O) groups excluding carboxylic acids is 2. The zero-order valence-electron chi connectivity index (χ0n) is 16.7. The maximum Gasteiger partial charge on any atom is 0.338 e. The fraction of sp³-hybridized carbons (Fsp3) is 0.0909. The number of hydrogen-bond acceptors (Lipinski definition) is 8. The van der Waals surface area contributed by atoms with E-state index in [-0.39, 0.29) is 22.5 Å². The first-order valence-corrected chi connectivity index (χ1v) is 9.22. The summed E-state index contributed by atoms with van der Waals surface area (Å²) in [6.45, 7) is 0.998. The average molecular weight is 436 g/mol. The van der Waals surface area contributed by atoms with E-state index in [1.807, 2.05) is 0 Å². The van der Waals surface area contributed by atoms with E-state index in [1.165, 1.54) is 73.7 Å². The molecule has 0 aliphatic carbocycles. The number of Topliss-reactive ketones (excluding diaryl/α,β-unsaturated/α-hetero) is 1. The van der Waals surface area contributed by atoms with Crippen LogP contribution in [-0.2, 0) is 4.74 Å². The maximum absolute atomic E-state index is 12.3. The van der Waals surface area contributed by atoms with Gasteiger partial charge in [-0.05, 0) is 55.5 Å². The van der Waals surface area contributed by atoms with Crippen LogP contribution in [-0.4, -0.2) is 28.2 Å². The monoisotopic (exact) mass is 436 g/mol. The van der Waals surface area contributed by atoms with Crippen molar-refractivity contribution in [3.8, 4) is 11.5 Å². The van der Waals surface area contributed by atoms with Gasteiger partial charge in [0.2, 0.25) is 0 Å². The predicted molar refractivity (Wildman–Crippen MR) is 112 cm³/mol. The molecule has 0 fully saturated rings. The van der Waals surface area contributed by atoms with Crippen LogP contribution in [0, 0.1) is 27.2 Å². The topological polar surface area (TPSA) is 139 Å². The summed E-state index contributed by atoms with van der Waals surface area (Å²) in [5.74, 6) is -0.413. The quantitative estimate of drug-likeness (QED) is 0.215. The molecule has 0 N–H and O–H groups in total. The summed E-state index contributed by atoms with van der Waals surface area (Å²) in [6, 6.07) is 15.4. The smallest absolute Gasteiger partial charge is 0.338 e. The Morgan fingerprint density at radius 2 is 1.38 bits per heavy atom. The van der Waals surface area contributed by atoms with E-state index >= 15 is 0 Å². The van der Waals surface area contributed by atoms with Crippen LogP contribution in [0.3, 0.4) is 0 Å². The zero-order valence-corrected chi connectivity index (χ0v) is 16.7. The summed E-state index contributed by atoms with van der Waals surface area (Å²) in [6.07, 6.45) is 0. The summed E-state index contributed by atoms with van der Waals surface area (Å²) in [5, 5.41) is 21.5. The standard InChI is InChI=1S/C22H16N2O8/c1-14-12-16(4-11-20(14)24(29)30)22(26)31-13-21(25)15-2-7-18(8-3-15)32-19-9-5-17(6-10-19)23(27)28/h2-12H,13H2,1H3. The molecule has 0 aliphatic rings. The number of nitro groups is 2. The van der Waals surface area contributed by atoms with Gasteiger partial charge in [-0.1, -0.05) is 0 Å². The van der Waals surface area contributed by atoms with E-state index in [2.05, 4.69) is 0 Å². The molecule has 0 spiro atoms. The van der Waals surface area contributed by atoms with Gasteiger partial charge in [0, 0.05) is 29.3 Å². The third kappa shape index (κ3) is 5.30. The van der Waals surface area contributed by atoms with Crippen molar-refractivity contribution in [3.63, 3.8) is 0 Å². The Morgan fingerprint density at radius 1 is 0.812 bits per heavy atom. The third-order valence-electron chi connectivity index (χ3n) is 4.42. The van der Waals surface area contributed by atoms with Crippen molar-refractivity contribution in [1.29, 1.82) is 0 Å². The Kier molecular flexibility index (Phi) is 6.54. The highest BCUT2D eigenvalue weighted by atomic mass is 16.6. The summed E-state index contributed by atoms with van der Waals surface area (Å²) >= 11 is 0. The third-order valence-corrected chi connectivity index (χ3v) is 4.42. The molecule has 0 radical (unpaired) electrons. The number of benzene rings is 3. The van der Waals surface area contributed by atoms with Gasteiger partial charge in [-0.25, -0.2) is 4.79 Å². The number of nitro benzene ring substituents is 2. The SMILES string of the molecule is Cc1cc(C(=O)OCC(=O)c2ccc(Oc3ccc([N+](=O)[O-])cc3)cc2)ccc1[N+](=O)[O-]. The molecule has 0 saturated heterocycles. The van der Waals surface area contributed by atoms with Crippen molar-refractivity contribution in [1.82, 2.24) is 0 Å². The zero-order chi connectivity index (χ0) is 23.3. The molecule has 0 amide bonds. The number of non-ortho nitro benzene ring substituents is 1. The van der Waals surface area contributed by atoms with Gasteiger partial charge < -0.3 is 9.47 Å². The number of esters is 1. The molecule has 3 aromatic rings. The largest absolute Gasteiger partial charge is 0.457 e. The number of rotatable bonds is 8. The molecule has 10 heteroatoms. The Balaban J connectivity index is 1.57. The van der Waals surface area contributed by atoms with Crippen molar-refractivity contribution in [2.24, 2.45) is 0 Å². The van der Waals surface area contributed by atoms with Gasteiger partial charge in [0.05, 0.1) is 15.4 Å². The molecule has 0 heterocycles. The van der Waals surface area contributed by atoms with Gasteiger partial charge >= 0.3 is 5.97 Å². The van der Waals surface area contributed by atoms with Crippen molar-refractivity contribution in [3.05, 3.63) is 104 Å².